The quantitative estimate of drug-likeness (QED) is 0.664. The fourth-order valence-electron chi connectivity index (χ4n) is 1.31. The van der Waals surface area contributed by atoms with E-state index >= 15 is 0 Å². The third-order valence-corrected chi connectivity index (χ3v) is 2.12. The SMILES string of the molecule is COc1ccc([C@@H]2CO2)c(OC)c1. The molecule has 0 saturated carbocycles. The van der Waals surface area contributed by atoms with Gasteiger partial charge in [0, 0.05) is 11.6 Å². The van der Waals surface area contributed by atoms with Crippen LogP contribution < -0.4 is 9.47 Å². The molecule has 13 heavy (non-hydrogen) atoms. The summed E-state index contributed by atoms with van der Waals surface area (Å²) < 4.78 is 15.5. The van der Waals surface area contributed by atoms with Crippen LogP contribution in [-0.2, 0) is 4.74 Å². The van der Waals surface area contributed by atoms with E-state index in [-0.39, 0.29) is 6.10 Å². The molecular weight excluding hydrogens is 168 g/mol. The molecule has 1 atom stereocenters. The van der Waals surface area contributed by atoms with Crippen LogP contribution in [0.5, 0.6) is 11.5 Å². The van der Waals surface area contributed by atoms with Crippen molar-refractivity contribution in [2.45, 2.75) is 6.10 Å². The van der Waals surface area contributed by atoms with E-state index in [0.717, 1.165) is 23.7 Å². The highest BCUT2D eigenvalue weighted by Crippen LogP contribution is 2.37. The maximum absolute atomic E-state index is 5.23. The zero-order chi connectivity index (χ0) is 9.26. The molecule has 0 radical (unpaired) electrons. The van der Waals surface area contributed by atoms with Gasteiger partial charge in [0.05, 0.1) is 20.8 Å². The maximum atomic E-state index is 5.23. The van der Waals surface area contributed by atoms with Crippen LogP contribution in [0.3, 0.4) is 0 Å². The molecule has 0 aliphatic carbocycles. The topological polar surface area (TPSA) is 31.0 Å². The van der Waals surface area contributed by atoms with Crippen LogP contribution in [0.15, 0.2) is 18.2 Å². The van der Waals surface area contributed by atoms with Gasteiger partial charge in [-0.2, -0.15) is 0 Å². The van der Waals surface area contributed by atoms with Gasteiger partial charge in [-0.05, 0) is 12.1 Å². The molecule has 1 fully saturated rings. The first kappa shape index (κ1) is 8.38. The van der Waals surface area contributed by atoms with E-state index in [1.54, 1.807) is 14.2 Å². The molecule has 2 rings (SSSR count). The predicted molar refractivity (Wildman–Crippen MR) is 48.2 cm³/mol. The lowest BCUT2D eigenvalue weighted by Crippen LogP contribution is -1.92. The van der Waals surface area contributed by atoms with Crippen molar-refractivity contribution < 1.29 is 14.2 Å². The number of hydrogen-bond donors (Lipinski definition) is 0. The molecule has 0 N–H and O–H groups in total. The summed E-state index contributed by atoms with van der Waals surface area (Å²) in [6.45, 7) is 0.794. The minimum Gasteiger partial charge on any atom is -0.497 e. The van der Waals surface area contributed by atoms with Crippen molar-refractivity contribution in [3.63, 3.8) is 0 Å². The van der Waals surface area contributed by atoms with Crippen molar-refractivity contribution in [1.82, 2.24) is 0 Å². The molecule has 1 aliphatic heterocycles. The van der Waals surface area contributed by atoms with Gasteiger partial charge in [0.15, 0.2) is 0 Å². The lowest BCUT2D eigenvalue weighted by atomic mass is 10.1. The van der Waals surface area contributed by atoms with Crippen molar-refractivity contribution in [3.8, 4) is 11.5 Å². The van der Waals surface area contributed by atoms with E-state index in [1.807, 2.05) is 18.2 Å². The summed E-state index contributed by atoms with van der Waals surface area (Å²) in [5, 5.41) is 0. The predicted octanol–water partition coefficient (Wildman–Crippen LogP) is 1.78. The van der Waals surface area contributed by atoms with Crippen molar-refractivity contribution in [2.24, 2.45) is 0 Å². The Labute approximate surface area is 77.2 Å². The van der Waals surface area contributed by atoms with Crippen molar-refractivity contribution in [3.05, 3.63) is 23.8 Å². The first-order valence-corrected chi connectivity index (χ1v) is 4.18. The van der Waals surface area contributed by atoms with Crippen molar-refractivity contribution in [2.75, 3.05) is 20.8 Å². The second kappa shape index (κ2) is 3.26. The van der Waals surface area contributed by atoms with Gasteiger partial charge in [0.2, 0.25) is 0 Å². The van der Waals surface area contributed by atoms with Crippen LogP contribution in [0.2, 0.25) is 0 Å². The smallest absolute Gasteiger partial charge is 0.128 e. The summed E-state index contributed by atoms with van der Waals surface area (Å²) in [7, 11) is 3.29. The summed E-state index contributed by atoms with van der Waals surface area (Å²) in [5.41, 5.74) is 1.10. The zero-order valence-electron chi connectivity index (χ0n) is 7.74. The molecule has 0 unspecified atom stereocenters. The Bertz CT molecular complexity index is 305. The van der Waals surface area contributed by atoms with E-state index in [4.69, 9.17) is 14.2 Å². The fraction of sp³-hybridized carbons (Fsp3) is 0.400. The summed E-state index contributed by atoms with van der Waals surface area (Å²) in [5.74, 6) is 1.64. The fourth-order valence-corrected chi connectivity index (χ4v) is 1.31. The van der Waals surface area contributed by atoms with Crippen LogP contribution in [0.4, 0.5) is 0 Å². The zero-order valence-corrected chi connectivity index (χ0v) is 7.74. The maximum Gasteiger partial charge on any atom is 0.128 e. The number of methoxy groups -OCH3 is 2. The molecule has 0 spiro atoms. The first-order chi connectivity index (χ1) is 6.35. The van der Waals surface area contributed by atoms with Gasteiger partial charge in [-0.3, -0.25) is 0 Å². The molecule has 3 heteroatoms. The van der Waals surface area contributed by atoms with Gasteiger partial charge in [0.25, 0.3) is 0 Å². The van der Waals surface area contributed by atoms with Crippen molar-refractivity contribution >= 4 is 0 Å². The minimum atomic E-state index is 0.223. The highest BCUT2D eigenvalue weighted by molar-refractivity contribution is 5.43. The van der Waals surface area contributed by atoms with E-state index < -0.39 is 0 Å². The van der Waals surface area contributed by atoms with E-state index in [0.29, 0.717) is 0 Å². The second-order valence-corrected chi connectivity index (χ2v) is 2.93. The van der Waals surface area contributed by atoms with Gasteiger partial charge in [0.1, 0.15) is 17.6 Å². The van der Waals surface area contributed by atoms with Gasteiger partial charge >= 0.3 is 0 Å². The summed E-state index contributed by atoms with van der Waals surface area (Å²) in [4.78, 5) is 0. The number of hydrogen-bond acceptors (Lipinski definition) is 3. The summed E-state index contributed by atoms with van der Waals surface area (Å²) in [6, 6.07) is 5.77. The van der Waals surface area contributed by atoms with Gasteiger partial charge in [-0.25, -0.2) is 0 Å². The molecule has 0 amide bonds. The van der Waals surface area contributed by atoms with Gasteiger partial charge in [-0.1, -0.05) is 0 Å². The monoisotopic (exact) mass is 180 g/mol. The lowest BCUT2D eigenvalue weighted by Gasteiger charge is -2.07. The Morgan fingerprint density at radius 1 is 1.31 bits per heavy atom. The van der Waals surface area contributed by atoms with Gasteiger partial charge in [-0.15, -0.1) is 0 Å². The third kappa shape index (κ3) is 1.60. The van der Waals surface area contributed by atoms with E-state index in [2.05, 4.69) is 0 Å². The molecule has 1 heterocycles. The largest absolute Gasteiger partial charge is 0.497 e. The van der Waals surface area contributed by atoms with Crippen LogP contribution in [0.25, 0.3) is 0 Å². The highest BCUT2D eigenvalue weighted by atomic mass is 16.6. The molecule has 1 saturated heterocycles. The van der Waals surface area contributed by atoms with Gasteiger partial charge < -0.3 is 14.2 Å². The Morgan fingerprint density at radius 3 is 2.62 bits per heavy atom. The lowest BCUT2D eigenvalue weighted by molar-refractivity contribution is 0.375. The Balaban J connectivity index is 2.33. The molecule has 1 aliphatic rings. The molecule has 70 valence electrons. The Morgan fingerprint density at radius 2 is 2.08 bits per heavy atom. The van der Waals surface area contributed by atoms with E-state index in [9.17, 15) is 0 Å². The van der Waals surface area contributed by atoms with Crippen LogP contribution in [0, 0.1) is 0 Å². The average molecular weight is 180 g/mol. The second-order valence-electron chi connectivity index (χ2n) is 2.93. The third-order valence-electron chi connectivity index (χ3n) is 2.12. The number of rotatable bonds is 3. The Kier molecular flexibility index (Phi) is 2.10. The van der Waals surface area contributed by atoms with E-state index in [1.165, 1.54) is 0 Å². The molecule has 0 bridgehead atoms. The Hall–Kier alpha value is -1.22. The molecule has 3 nitrogen and oxygen atoms in total. The van der Waals surface area contributed by atoms with Crippen LogP contribution in [0.1, 0.15) is 11.7 Å². The number of benzene rings is 1. The number of ether oxygens (including phenoxy) is 3. The van der Waals surface area contributed by atoms with Crippen LogP contribution in [-0.4, -0.2) is 20.8 Å². The molecular formula is C10H12O3. The standard InChI is InChI=1S/C10H12O3/c1-11-7-3-4-8(10-6-13-10)9(5-7)12-2/h3-5,10H,6H2,1-2H3/t10-/m0/s1. The number of epoxide rings is 1. The minimum absolute atomic E-state index is 0.223. The normalized spacial score (nSPS) is 19.7. The molecule has 0 aromatic heterocycles. The molecule has 1 aromatic rings. The van der Waals surface area contributed by atoms with Crippen LogP contribution >= 0.6 is 0 Å². The highest BCUT2D eigenvalue weighted by Gasteiger charge is 2.28. The van der Waals surface area contributed by atoms with Crippen molar-refractivity contribution in [1.29, 1.82) is 0 Å². The average Bonchev–Trinajstić information content (AvgIpc) is 3.00. The summed E-state index contributed by atoms with van der Waals surface area (Å²) >= 11 is 0. The molecule has 1 aromatic carbocycles. The summed E-state index contributed by atoms with van der Waals surface area (Å²) in [6.07, 6.45) is 0.223. The first-order valence-electron chi connectivity index (χ1n) is 4.18.